The van der Waals surface area contributed by atoms with Crippen molar-refractivity contribution in [1.29, 1.82) is 5.26 Å². The third-order valence-corrected chi connectivity index (χ3v) is 2.69. The molecule has 0 atom stereocenters. The first-order valence-corrected chi connectivity index (χ1v) is 5.45. The molecule has 1 aromatic carbocycles. The van der Waals surface area contributed by atoms with Crippen molar-refractivity contribution in [2.45, 2.75) is 6.42 Å². The lowest BCUT2D eigenvalue weighted by atomic mass is 10.1. The molecule has 0 fully saturated rings. The number of aliphatic hydroxyl groups excluding tert-OH is 1. The van der Waals surface area contributed by atoms with E-state index in [4.69, 9.17) is 10.4 Å². The zero-order valence-electron chi connectivity index (χ0n) is 9.31. The van der Waals surface area contributed by atoms with Crippen LogP contribution in [0.4, 0.5) is 11.4 Å². The van der Waals surface area contributed by atoms with E-state index in [2.05, 4.69) is 11.4 Å². The number of amides is 1. The Morgan fingerprint density at radius 2 is 2.35 bits per heavy atom. The average Bonchev–Trinajstić information content (AvgIpc) is 2.37. The number of nitriles is 1. The minimum atomic E-state index is -0.0179. The Balaban J connectivity index is 2.32. The summed E-state index contributed by atoms with van der Waals surface area (Å²) >= 11 is 0. The average molecular weight is 231 g/mol. The maximum absolute atomic E-state index is 11.7. The summed E-state index contributed by atoms with van der Waals surface area (Å²) in [6.45, 7) is 0.784. The summed E-state index contributed by atoms with van der Waals surface area (Å²) in [7, 11) is 0. The van der Waals surface area contributed by atoms with Crippen molar-refractivity contribution >= 4 is 17.3 Å². The van der Waals surface area contributed by atoms with Crippen LogP contribution in [0.3, 0.4) is 0 Å². The van der Waals surface area contributed by atoms with Crippen molar-refractivity contribution < 1.29 is 9.90 Å². The molecule has 0 radical (unpaired) electrons. The van der Waals surface area contributed by atoms with Gasteiger partial charge in [0.15, 0.2) is 0 Å². The summed E-state index contributed by atoms with van der Waals surface area (Å²) < 4.78 is 0. The fourth-order valence-electron chi connectivity index (χ4n) is 1.86. The first-order valence-electron chi connectivity index (χ1n) is 5.45. The van der Waals surface area contributed by atoms with Crippen molar-refractivity contribution in [3.8, 4) is 6.07 Å². The minimum Gasteiger partial charge on any atom is -0.396 e. The molecule has 1 aliphatic heterocycles. The fourth-order valence-corrected chi connectivity index (χ4v) is 1.86. The molecule has 2 N–H and O–H groups in total. The van der Waals surface area contributed by atoms with E-state index in [9.17, 15) is 4.79 Å². The van der Waals surface area contributed by atoms with Crippen LogP contribution in [0, 0.1) is 11.3 Å². The van der Waals surface area contributed by atoms with Gasteiger partial charge < -0.3 is 15.3 Å². The number of fused-ring (bicyclic) bond motifs is 1. The van der Waals surface area contributed by atoms with Crippen LogP contribution in [0.5, 0.6) is 0 Å². The topological polar surface area (TPSA) is 76.4 Å². The van der Waals surface area contributed by atoms with Gasteiger partial charge in [0, 0.05) is 13.2 Å². The molecule has 17 heavy (non-hydrogen) atoms. The molecule has 1 aliphatic rings. The van der Waals surface area contributed by atoms with Crippen LogP contribution in [0.25, 0.3) is 0 Å². The number of aliphatic hydroxyl groups is 1. The highest BCUT2D eigenvalue weighted by Crippen LogP contribution is 2.30. The summed E-state index contributed by atoms with van der Waals surface area (Å²) in [5.41, 5.74) is 2.13. The Kier molecular flexibility index (Phi) is 3.26. The number of carbonyl (C=O) groups excluding carboxylic acids is 1. The zero-order valence-corrected chi connectivity index (χ0v) is 9.31. The molecule has 0 saturated heterocycles. The molecular formula is C12H13N3O2. The van der Waals surface area contributed by atoms with Gasteiger partial charge in [0.05, 0.1) is 29.6 Å². The summed E-state index contributed by atoms with van der Waals surface area (Å²) in [6.07, 6.45) is 0.547. The minimum absolute atomic E-state index is 0.0179. The van der Waals surface area contributed by atoms with E-state index in [1.54, 1.807) is 23.1 Å². The van der Waals surface area contributed by atoms with Crippen LogP contribution >= 0.6 is 0 Å². The number of hydrogen-bond acceptors (Lipinski definition) is 4. The van der Waals surface area contributed by atoms with Gasteiger partial charge in [-0.25, -0.2) is 0 Å². The van der Waals surface area contributed by atoms with Gasteiger partial charge in [-0.3, -0.25) is 4.79 Å². The SMILES string of the molecule is N#Cc1ccc2c(c1)NCC(=O)N2CCCO. The van der Waals surface area contributed by atoms with Crippen molar-refractivity contribution in [2.24, 2.45) is 0 Å². The highest BCUT2D eigenvalue weighted by atomic mass is 16.3. The second kappa shape index (κ2) is 4.85. The van der Waals surface area contributed by atoms with Crippen molar-refractivity contribution in [3.63, 3.8) is 0 Å². The van der Waals surface area contributed by atoms with Gasteiger partial charge in [-0.05, 0) is 24.6 Å². The van der Waals surface area contributed by atoms with Gasteiger partial charge in [-0.2, -0.15) is 5.26 Å². The molecule has 0 saturated carbocycles. The normalized spacial score (nSPS) is 13.9. The van der Waals surface area contributed by atoms with E-state index in [-0.39, 0.29) is 19.1 Å². The molecule has 0 unspecified atom stereocenters. The van der Waals surface area contributed by atoms with E-state index in [1.165, 1.54) is 0 Å². The Hall–Kier alpha value is -2.06. The second-order valence-corrected chi connectivity index (χ2v) is 3.82. The molecule has 0 aliphatic carbocycles. The van der Waals surface area contributed by atoms with Gasteiger partial charge in [-0.15, -0.1) is 0 Å². The fraction of sp³-hybridized carbons (Fsp3) is 0.333. The number of carbonyl (C=O) groups is 1. The van der Waals surface area contributed by atoms with E-state index < -0.39 is 0 Å². The van der Waals surface area contributed by atoms with Gasteiger partial charge >= 0.3 is 0 Å². The summed E-state index contributed by atoms with van der Waals surface area (Å²) in [5.74, 6) is -0.0179. The zero-order chi connectivity index (χ0) is 12.3. The van der Waals surface area contributed by atoms with Crippen molar-refractivity contribution in [3.05, 3.63) is 23.8 Å². The molecule has 2 rings (SSSR count). The Morgan fingerprint density at radius 1 is 1.53 bits per heavy atom. The molecular weight excluding hydrogens is 218 g/mol. The highest BCUT2D eigenvalue weighted by molar-refractivity contribution is 6.02. The van der Waals surface area contributed by atoms with E-state index in [0.717, 1.165) is 11.4 Å². The Labute approximate surface area is 99.3 Å². The summed E-state index contributed by atoms with van der Waals surface area (Å²) in [5, 5.41) is 20.6. The Morgan fingerprint density at radius 3 is 3.06 bits per heavy atom. The van der Waals surface area contributed by atoms with E-state index in [1.807, 2.05) is 0 Å². The number of benzene rings is 1. The third kappa shape index (κ3) is 2.22. The van der Waals surface area contributed by atoms with Gasteiger partial charge in [0.1, 0.15) is 0 Å². The molecule has 1 aromatic rings. The predicted octanol–water partition coefficient (Wildman–Crippen LogP) is 0.699. The number of nitrogens with one attached hydrogen (secondary N) is 1. The maximum Gasteiger partial charge on any atom is 0.246 e. The molecule has 1 amide bonds. The third-order valence-electron chi connectivity index (χ3n) is 2.69. The monoisotopic (exact) mass is 231 g/mol. The lowest BCUT2D eigenvalue weighted by Crippen LogP contribution is -2.40. The van der Waals surface area contributed by atoms with E-state index >= 15 is 0 Å². The first kappa shape index (κ1) is 11.4. The number of rotatable bonds is 3. The standard InChI is InChI=1S/C12H13N3O2/c13-7-9-2-3-11-10(6-9)14-8-12(17)15(11)4-1-5-16/h2-3,6,14,16H,1,4-5,8H2. The molecule has 0 aromatic heterocycles. The van der Waals surface area contributed by atoms with Crippen LogP contribution in [-0.2, 0) is 4.79 Å². The van der Waals surface area contributed by atoms with E-state index in [0.29, 0.717) is 18.5 Å². The molecule has 0 bridgehead atoms. The summed E-state index contributed by atoms with van der Waals surface area (Å²) in [4.78, 5) is 13.4. The van der Waals surface area contributed by atoms with Crippen LogP contribution in [0.2, 0.25) is 0 Å². The molecule has 5 nitrogen and oxygen atoms in total. The second-order valence-electron chi connectivity index (χ2n) is 3.82. The van der Waals surface area contributed by atoms with Crippen molar-refractivity contribution in [1.82, 2.24) is 0 Å². The first-order chi connectivity index (χ1) is 8.26. The molecule has 0 spiro atoms. The van der Waals surface area contributed by atoms with Gasteiger partial charge in [-0.1, -0.05) is 0 Å². The van der Waals surface area contributed by atoms with Crippen molar-refractivity contribution in [2.75, 3.05) is 29.9 Å². The quantitative estimate of drug-likeness (QED) is 0.802. The Bertz CT molecular complexity index is 479. The lowest BCUT2D eigenvalue weighted by Gasteiger charge is -2.30. The van der Waals surface area contributed by atoms with Crippen LogP contribution in [-0.4, -0.2) is 30.7 Å². The van der Waals surface area contributed by atoms with Crippen LogP contribution in [0.1, 0.15) is 12.0 Å². The smallest absolute Gasteiger partial charge is 0.246 e. The molecule has 1 heterocycles. The number of nitrogens with zero attached hydrogens (tertiary/aromatic N) is 2. The predicted molar refractivity (Wildman–Crippen MR) is 63.7 cm³/mol. The molecule has 5 heteroatoms. The van der Waals surface area contributed by atoms with Gasteiger partial charge in [0.25, 0.3) is 0 Å². The number of anilines is 2. The van der Waals surface area contributed by atoms with Gasteiger partial charge in [0.2, 0.25) is 5.91 Å². The number of hydrogen-bond donors (Lipinski definition) is 2. The van der Waals surface area contributed by atoms with Crippen LogP contribution < -0.4 is 10.2 Å². The lowest BCUT2D eigenvalue weighted by molar-refractivity contribution is -0.117. The highest BCUT2D eigenvalue weighted by Gasteiger charge is 2.23. The summed E-state index contributed by atoms with van der Waals surface area (Å²) in [6, 6.07) is 7.24. The largest absolute Gasteiger partial charge is 0.396 e. The maximum atomic E-state index is 11.7. The van der Waals surface area contributed by atoms with Crippen LogP contribution in [0.15, 0.2) is 18.2 Å². The molecule has 88 valence electrons.